The van der Waals surface area contributed by atoms with Crippen LogP contribution in [0, 0.1) is 5.82 Å². The number of hydrogen-bond acceptors (Lipinski definition) is 7. The molecule has 0 bridgehead atoms. The summed E-state index contributed by atoms with van der Waals surface area (Å²) in [6, 6.07) is 7.33. The molecule has 1 fully saturated rings. The highest BCUT2D eigenvalue weighted by Gasteiger charge is 2.29. The fourth-order valence-electron chi connectivity index (χ4n) is 3.26. The van der Waals surface area contributed by atoms with E-state index in [-0.39, 0.29) is 23.7 Å². The van der Waals surface area contributed by atoms with Gasteiger partial charge in [0.25, 0.3) is 0 Å². The summed E-state index contributed by atoms with van der Waals surface area (Å²) < 4.78 is 48.1. The molecular weight excluding hydrogens is 411 g/mol. The summed E-state index contributed by atoms with van der Waals surface area (Å²) >= 11 is 0. The Morgan fingerprint density at radius 2 is 1.87 bits per heavy atom. The topological polar surface area (TPSA) is 93.5 Å². The number of aromatic nitrogens is 4. The summed E-state index contributed by atoms with van der Waals surface area (Å²) in [4.78, 5) is 10.4. The third-order valence-electron chi connectivity index (χ3n) is 4.78. The van der Waals surface area contributed by atoms with E-state index >= 15 is 0 Å². The Morgan fingerprint density at radius 1 is 1.10 bits per heavy atom. The second-order valence-corrected chi connectivity index (χ2v) is 8.54. The molecule has 3 aromatic rings. The van der Waals surface area contributed by atoms with Crippen LogP contribution in [0.25, 0.3) is 5.82 Å². The van der Waals surface area contributed by atoms with Gasteiger partial charge in [0.1, 0.15) is 12.1 Å². The van der Waals surface area contributed by atoms with Crippen molar-refractivity contribution in [2.45, 2.75) is 11.8 Å². The number of hydrogen-bond donors (Lipinski definition) is 0. The summed E-state index contributed by atoms with van der Waals surface area (Å²) in [5, 5.41) is 4.16. The number of ether oxygens (including phenoxy) is 1. The Bertz CT molecular complexity index is 1120. The molecule has 0 amide bonds. The molecule has 0 saturated carbocycles. The van der Waals surface area contributed by atoms with Crippen LogP contribution in [0.5, 0.6) is 5.75 Å². The van der Waals surface area contributed by atoms with E-state index in [2.05, 4.69) is 15.1 Å². The molecular formula is C19H21FN6O3S. The average molecular weight is 432 g/mol. The van der Waals surface area contributed by atoms with Crippen LogP contribution in [-0.4, -0.2) is 65.3 Å². The van der Waals surface area contributed by atoms with Crippen molar-refractivity contribution in [3.63, 3.8) is 0 Å². The monoisotopic (exact) mass is 432 g/mol. The number of sulfonamides is 1. The van der Waals surface area contributed by atoms with Gasteiger partial charge >= 0.3 is 0 Å². The fourth-order valence-corrected chi connectivity index (χ4v) is 4.70. The maximum Gasteiger partial charge on any atom is 0.243 e. The summed E-state index contributed by atoms with van der Waals surface area (Å²) in [5.41, 5.74) is 0. The fraction of sp³-hybridized carbons (Fsp3) is 0.316. The highest BCUT2D eigenvalue weighted by atomic mass is 32.2. The molecule has 30 heavy (non-hydrogen) atoms. The zero-order chi connectivity index (χ0) is 21.1. The van der Waals surface area contributed by atoms with E-state index in [1.165, 1.54) is 22.8 Å². The first-order valence-corrected chi connectivity index (χ1v) is 10.9. The van der Waals surface area contributed by atoms with E-state index in [4.69, 9.17) is 4.74 Å². The van der Waals surface area contributed by atoms with Crippen LogP contribution in [-0.2, 0) is 10.0 Å². The second-order valence-electron chi connectivity index (χ2n) is 6.60. The zero-order valence-corrected chi connectivity index (χ0v) is 17.2. The van der Waals surface area contributed by atoms with E-state index in [9.17, 15) is 12.8 Å². The molecule has 158 valence electrons. The van der Waals surface area contributed by atoms with Crippen LogP contribution in [0.4, 0.5) is 10.2 Å². The molecule has 2 aromatic heterocycles. The second kappa shape index (κ2) is 8.36. The predicted octanol–water partition coefficient (Wildman–Crippen LogP) is 1.71. The molecule has 3 heterocycles. The number of piperazine rings is 1. The minimum absolute atomic E-state index is 0.0398. The minimum Gasteiger partial charge on any atom is -0.491 e. The van der Waals surface area contributed by atoms with Gasteiger partial charge in [0.05, 0.1) is 11.5 Å². The van der Waals surface area contributed by atoms with Crippen LogP contribution >= 0.6 is 0 Å². The number of benzene rings is 1. The number of halogens is 1. The summed E-state index contributed by atoms with van der Waals surface area (Å²) in [6.45, 7) is 3.47. The van der Waals surface area contributed by atoms with Crippen LogP contribution in [0.2, 0.25) is 0 Å². The Balaban J connectivity index is 1.47. The van der Waals surface area contributed by atoms with Gasteiger partial charge in [0.15, 0.2) is 17.4 Å². The van der Waals surface area contributed by atoms with Gasteiger partial charge in [0.2, 0.25) is 10.0 Å². The van der Waals surface area contributed by atoms with Crippen LogP contribution in [0.15, 0.2) is 53.9 Å². The molecule has 0 spiro atoms. The Hall–Kier alpha value is -3.05. The number of rotatable bonds is 6. The molecule has 1 aliphatic rings. The quantitative estimate of drug-likeness (QED) is 0.585. The molecule has 0 aliphatic carbocycles. The zero-order valence-electron chi connectivity index (χ0n) is 16.3. The third kappa shape index (κ3) is 3.98. The van der Waals surface area contributed by atoms with Crippen molar-refractivity contribution < 1.29 is 17.5 Å². The Morgan fingerprint density at radius 3 is 2.53 bits per heavy atom. The average Bonchev–Trinajstić information content (AvgIpc) is 3.30. The van der Waals surface area contributed by atoms with Crippen LogP contribution in [0.1, 0.15) is 6.92 Å². The third-order valence-corrected chi connectivity index (χ3v) is 6.68. The lowest BCUT2D eigenvalue weighted by atomic mass is 10.3. The van der Waals surface area contributed by atoms with Gasteiger partial charge in [0, 0.05) is 44.6 Å². The molecule has 1 aliphatic heterocycles. The minimum atomic E-state index is -3.80. The standard InChI is InChI=1S/C19H21FN6O3S/c1-2-29-17-5-4-15(12-16(17)20)30(27,28)25-10-8-24(9-11-25)18-13-19(22-14-21-18)26-7-3-6-23-26/h3-7,12-14H,2,8-11H2,1H3. The predicted molar refractivity (Wildman–Crippen MR) is 108 cm³/mol. The lowest BCUT2D eigenvalue weighted by Crippen LogP contribution is -2.49. The molecule has 0 N–H and O–H groups in total. The van der Waals surface area contributed by atoms with Crippen molar-refractivity contribution in [3.8, 4) is 11.6 Å². The van der Waals surface area contributed by atoms with E-state index in [0.717, 1.165) is 6.07 Å². The van der Waals surface area contributed by atoms with Crippen molar-refractivity contribution in [1.29, 1.82) is 0 Å². The molecule has 0 radical (unpaired) electrons. The smallest absolute Gasteiger partial charge is 0.243 e. The number of anilines is 1. The van der Waals surface area contributed by atoms with Crippen molar-refractivity contribution in [2.24, 2.45) is 0 Å². The summed E-state index contributed by atoms with van der Waals surface area (Å²) in [7, 11) is -3.80. The summed E-state index contributed by atoms with van der Waals surface area (Å²) in [5.74, 6) is 0.672. The lowest BCUT2D eigenvalue weighted by Gasteiger charge is -2.34. The van der Waals surface area contributed by atoms with Gasteiger partial charge in [-0.15, -0.1) is 0 Å². The van der Waals surface area contributed by atoms with E-state index in [1.54, 1.807) is 36.1 Å². The van der Waals surface area contributed by atoms with Gasteiger partial charge < -0.3 is 9.64 Å². The van der Waals surface area contributed by atoms with Gasteiger partial charge in [-0.05, 0) is 31.2 Å². The molecule has 1 aromatic carbocycles. The molecule has 1 saturated heterocycles. The van der Waals surface area contributed by atoms with Crippen molar-refractivity contribution in [3.05, 3.63) is 54.9 Å². The van der Waals surface area contributed by atoms with Gasteiger partial charge in [-0.1, -0.05) is 0 Å². The maximum atomic E-state index is 14.1. The lowest BCUT2D eigenvalue weighted by molar-refractivity contribution is 0.321. The van der Waals surface area contributed by atoms with Gasteiger partial charge in [-0.2, -0.15) is 9.40 Å². The van der Waals surface area contributed by atoms with E-state index < -0.39 is 15.8 Å². The summed E-state index contributed by atoms with van der Waals surface area (Å²) in [6.07, 6.45) is 4.90. The van der Waals surface area contributed by atoms with Crippen molar-refractivity contribution >= 4 is 15.8 Å². The van der Waals surface area contributed by atoms with Crippen molar-refractivity contribution in [2.75, 3.05) is 37.7 Å². The molecule has 0 atom stereocenters. The highest BCUT2D eigenvalue weighted by molar-refractivity contribution is 7.89. The SMILES string of the molecule is CCOc1ccc(S(=O)(=O)N2CCN(c3cc(-n4cccn4)ncn3)CC2)cc1F. The first-order valence-electron chi connectivity index (χ1n) is 9.48. The van der Waals surface area contributed by atoms with Gasteiger partial charge in [-0.3, -0.25) is 0 Å². The Kier molecular flexibility index (Phi) is 5.64. The van der Waals surface area contributed by atoms with E-state index in [0.29, 0.717) is 31.3 Å². The normalized spacial score (nSPS) is 15.3. The molecule has 4 rings (SSSR count). The number of nitrogens with zero attached hydrogens (tertiary/aromatic N) is 6. The maximum absolute atomic E-state index is 14.1. The van der Waals surface area contributed by atoms with Gasteiger partial charge in [-0.25, -0.2) is 27.5 Å². The first-order chi connectivity index (χ1) is 14.5. The van der Waals surface area contributed by atoms with Crippen LogP contribution in [0.3, 0.4) is 0 Å². The molecule has 0 unspecified atom stereocenters. The Labute approximate surface area is 173 Å². The first kappa shape index (κ1) is 20.2. The largest absolute Gasteiger partial charge is 0.491 e. The van der Waals surface area contributed by atoms with Crippen molar-refractivity contribution in [1.82, 2.24) is 24.1 Å². The highest BCUT2D eigenvalue weighted by Crippen LogP contribution is 2.25. The molecule has 9 nitrogen and oxygen atoms in total. The molecule has 11 heteroatoms. The van der Waals surface area contributed by atoms with E-state index in [1.807, 2.05) is 4.90 Å². The van der Waals surface area contributed by atoms with Crippen LogP contribution < -0.4 is 9.64 Å².